The van der Waals surface area contributed by atoms with Crippen molar-refractivity contribution < 1.29 is 66.6 Å². The van der Waals surface area contributed by atoms with Gasteiger partial charge in [-0.05, 0) is 53.9 Å². The maximum atomic E-state index is 14.7. The summed E-state index contributed by atoms with van der Waals surface area (Å²) in [6, 6.07) is 8.28. The van der Waals surface area contributed by atoms with Gasteiger partial charge in [-0.1, -0.05) is 97.4 Å². The van der Waals surface area contributed by atoms with Crippen molar-refractivity contribution in [1.82, 2.24) is 14.7 Å². The lowest BCUT2D eigenvalue weighted by Gasteiger charge is -2.41. The number of likely N-dealkylation sites (tertiary alicyclic amines) is 1. The van der Waals surface area contributed by atoms with Crippen LogP contribution in [-0.4, -0.2) is 207 Å². The molecule has 1 fully saturated rings. The van der Waals surface area contributed by atoms with E-state index >= 15 is 0 Å². The first-order chi connectivity index (χ1) is 36.4. The van der Waals surface area contributed by atoms with E-state index in [0.29, 0.717) is 110 Å². The van der Waals surface area contributed by atoms with Crippen LogP contribution < -0.4 is 5.73 Å². The van der Waals surface area contributed by atoms with Crippen LogP contribution >= 0.6 is 12.2 Å². The number of thiocarbonyl (C=S) groups is 1. The van der Waals surface area contributed by atoms with Gasteiger partial charge in [0.1, 0.15) is 0 Å². The van der Waals surface area contributed by atoms with Crippen LogP contribution in [0.1, 0.15) is 99.0 Å². The number of nitrogens with two attached hydrogens (primary N) is 1. The number of carbonyl (C=O) groups excluding carboxylic acids is 5. The maximum absolute atomic E-state index is 14.7. The Morgan fingerprint density at radius 2 is 1.25 bits per heavy atom. The minimum atomic E-state index is -0.750. The third kappa shape index (κ3) is 23.8. The Morgan fingerprint density at radius 1 is 0.711 bits per heavy atom. The Balaban J connectivity index is 2.00. The lowest BCUT2D eigenvalue weighted by Crippen LogP contribution is -2.54. The zero-order valence-electron chi connectivity index (χ0n) is 48.3. The molecule has 1 heterocycles. The number of methoxy groups -OCH3 is 3. The molecular weight excluding hydrogens is 997 g/mol. The fraction of sp³-hybridized carbons (Fsp3) is 0.789. The smallest absolute Gasteiger partial charge is 0.309 e. The summed E-state index contributed by atoms with van der Waals surface area (Å²) < 4.78 is 50.4. The number of hydrogen-bond acceptors (Lipinski definition) is 16. The Kier molecular flexibility index (Phi) is 35.2. The molecule has 0 bridgehead atoms. The van der Waals surface area contributed by atoms with Crippen molar-refractivity contribution >= 4 is 46.6 Å². The molecule has 1 aromatic carbocycles. The first kappa shape index (κ1) is 68.6. The van der Waals surface area contributed by atoms with E-state index in [9.17, 15) is 24.0 Å². The molecule has 1 aliphatic heterocycles. The molecule has 2 rings (SSSR count). The van der Waals surface area contributed by atoms with E-state index in [4.69, 9.17) is 60.6 Å². The third-order valence-electron chi connectivity index (χ3n) is 14.6. The largest absolute Gasteiger partial charge is 0.469 e. The van der Waals surface area contributed by atoms with Crippen molar-refractivity contribution in [2.75, 3.05) is 128 Å². The number of ether oxygens (including phenoxy) is 9. The summed E-state index contributed by atoms with van der Waals surface area (Å²) >= 11 is 6.01. The fourth-order valence-corrected chi connectivity index (χ4v) is 10.4. The number of rotatable bonds is 43. The summed E-state index contributed by atoms with van der Waals surface area (Å²) in [5.74, 6) is -2.96. The Labute approximate surface area is 461 Å². The molecule has 1 saturated heterocycles. The molecule has 9 atom stereocenters. The number of likely N-dealkylation sites (N-methyl/N-ethyl adjacent to an activating group) is 2. The van der Waals surface area contributed by atoms with E-state index in [1.807, 2.05) is 83.7 Å². The minimum Gasteiger partial charge on any atom is -0.469 e. The van der Waals surface area contributed by atoms with E-state index in [1.54, 1.807) is 33.2 Å². The quantitative estimate of drug-likeness (QED) is 0.0462. The van der Waals surface area contributed by atoms with Crippen LogP contribution in [0.4, 0.5) is 0 Å². The second kappa shape index (κ2) is 39.0. The Bertz CT molecular complexity index is 1810. The number of ketones is 1. The van der Waals surface area contributed by atoms with E-state index in [0.717, 1.165) is 18.4 Å². The summed E-state index contributed by atoms with van der Waals surface area (Å²) in [6.07, 6.45) is 2.02. The van der Waals surface area contributed by atoms with Crippen LogP contribution in [0.15, 0.2) is 30.3 Å². The normalized spacial score (nSPS) is 16.9. The number of nitrogens with zero attached hydrogens (tertiary/aromatic N) is 3. The zero-order valence-corrected chi connectivity index (χ0v) is 49.2. The standard InChI is InChI=1S/C57H98N4O14S/c1-13-42(6)54(49(67-10)39-52(64)61-23-17-20-47(61)55(68-11)43(7)50(76)37-45(57(66)69-12)36-44-18-15-14-16-19-44)60(9)56(65)46(40(2)3)38-48(62)53(41(4)5)59(8)51(63)21-24-70-26-28-72-30-32-74-34-35-75-33-31-73-29-27-71-25-22-58/h14-16,18-19,40-43,45-47,49,53-55H,13,17,20-39,58H2,1-12H3/t42-,43-,45+,46?,47-,49+,53-,54-,55+/m0/s1. The highest BCUT2D eigenvalue weighted by molar-refractivity contribution is 7.80. The Morgan fingerprint density at radius 3 is 1.72 bits per heavy atom. The van der Waals surface area contributed by atoms with Gasteiger partial charge in [0.05, 0.1) is 135 Å². The van der Waals surface area contributed by atoms with Gasteiger partial charge in [0.25, 0.3) is 0 Å². The van der Waals surface area contributed by atoms with Gasteiger partial charge < -0.3 is 63.1 Å². The number of Topliss-reactive ketones (excluding diaryl/α,β-unsaturated/α-hetero) is 1. The summed E-state index contributed by atoms with van der Waals surface area (Å²) in [5.41, 5.74) is 6.39. The topological polar surface area (TPSA) is 204 Å². The number of benzene rings is 1. The molecule has 1 aromatic rings. The SMILES string of the molecule is CC[C@H](C)[C@@H]([C@@H](CC(=O)N1CCC[C@H]1[C@H](OC)[C@@H](C)C(=S)C[C@@H](Cc1ccccc1)C(=O)OC)OC)N(C)C(=O)C(CC(=O)[C@H](C(C)C)N(C)C(=O)CCOCCOCCOCCOCCOCCOCCN)C(C)C. The molecule has 1 aliphatic rings. The summed E-state index contributed by atoms with van der Waals surface area (Å²) in [7, 11) is 7.97. The van der Waals surface area contributed by atoms with Gasteiger partial charge in [-0.25, -0.2) is 0 Å². The van der Waals surface area contributed by atoms with Crippen LogP contribution in [0, 0.1) is 35.5 Å². The zero-order chi connectivity index (χ0) is 56.6. The van der Waals surface area contributed by atoms with Crippen molar-refractivity contribution in [3.05, 3.63) is 35.9 Å². The number of amides is 3. The average Bonchev–Trinajstić information content (AvgIpc) is 3.89. The monoisotopic (exact) mass is 1090 g/mol. The second-order valence-electron chi connectivity index (χ2n) is 20.6. The van der Waals surface area contributed by atoms with Gasteiger partial charge in [-0.3, -0.25) is 24.0 Å². The van der Waals surface area contributed by atoms with Crippen molar-refractivity contribution in [3.8, 4) is 0 Å². The number of hydrogen-bond donors (Lipinski definition) is 1. The molecular formula is C57H98N4O14S. The molecule has 76 heavy (non-hydrogen) atoms. The minimum absolute atomic E-state index is 0.0258. The molecule has 3 amide bonds. The van der Waals surface area contributed by atoms with E-state index < -0.39 is 36.1 Å². The first-order valence-corrected chi connectivity index (χ1v) is 28.0. The van der Waals surface area contributed by atoms with Gasteiger partial charge in [0.15, 0.2) is 5.78 Å². The van der Waals surface area contributed by atoms with Gasteiger partial charge >= 0.3 is 5.97 Å². The van der Waals surface area contributed by atoms with E-state index in [2.05, 4.69) is 0 Å². The van der Waals surface area contributed by atoms with Crippen molar-refractivity contribution in [2.24, 2.45) is 41.2 Å². The lowest BCUT2D eigenvalue weighted by atomic mass is 9.83. The molecule has 0 spiro atoms. The average molecular weight is 1100 g/mol. The van der Waals surface area contributed by atoms with Gasteiger partial charge in [-0.2, -0.15) is 0 Å². The Hall–Kier alpha value is -3.50. The molecule has 0 aliphatic carbocycles. The lowest BCUT2D eigenvalue weighted by molar-refractivity contribution is -0.149. The highest BCUT2D eigenvalue weighted by atomic mass is 32.1. The van der Waals surface area contributed by atoms with Crippen molar-refractivity contribution in [2.45, 2.75) is 130 Å². The molecule has 1 unspecified atom stereocenters. The first-order valence-electron chi connectivity index (χ1n) is 27.6. The highest BCUT2D eigenvalue weighted by Crippen LogP contribution is 2.32. The molecule has 0 saturated carbocycles. The molecule has 18 nitrogen and oxygen atoms in total. The summed E-state index contributed by atoms with van der Waals surface area (Å²) in [6.45, 7) is 19.7. The molecule has 2 N–H and O–H groups in total. The van der Waals surface area contributed by atoms with Crippen LogP contribution in [0.2, 0.25) is 0 Å². The molecule has 19 heteroatoms. The van der Waals surface area contributed by atoms with Gasteiger partial charge in [-0.15, -0.1) is 0 Å². The molecule has 0 radical (unpaired) electrons. The van der Waals surface area contributed by atoms with Crippen LogP contribution in [0.5, 0.6) is 0 Å². The second-order valence-corrected chi connectivity index (χ2v) is 21.1. The predicted molar refractivity (Wildman–Crippen MR) is 297 cm³/mol. The van der Waals surface area contributed by atoms with Gasteiger partial charge in [0.2, 0.25) is 17.7 Å². The van der Waals surface area contributed by atoms with E-state index in [-0.39, 0.29) is 85.1 Å². The number of carbonyl (C=O) groups is 5. The molecule has 436 valence electrons. The predicted octanol–water partition coefficient (Wildman–Crippen LogP) is 5.86. The maximum Gasteiger partial charge on any atom is 0.309 e. The van der Waals surface area contributed by atoms with Crippen molar-refractivity contribution in [1.29, 1.82) is 0 Å². The molecule has 0 aromatic heterocycles. The number of esters is 1. The third-order valence-corrected chi connectivity index (χ3v) is 15.1. The van der Waals surface area contributed by atoms with Crippen molar-refractivity contribution in [3.63, 3.8) is 0 Å². The fourth-order valence-electron chi connectivity index (χ4n) is 10.1. The highest BCUT2D eigenvalue weighted by Gasteiger charge is 2.43. The van der Waals surface area contributed by atoms with Crippen LogP contribution in [0.3, 0.4) is 0 Å². The van der Waals surface area contributed by atoms with Gasteiger partial charge in [0, 0.05) is 59.7 Å². The van der Waals surface area contributed by atoms with E-state index in [1.165, 1.54) is 12.0 Å². The van der Waals surface area contributed by atoms with Crippen LogP contribution in [-0.2, 0) is 73.0 Å². The summed E-state index contributed by atoms with van der Waals surface area (Å²) in [4.78, 5) is 75.7. The summed E-state index contributed by atoms with van der Waals surface area (Å²) in [5, 5.41) is 0. The van der Waals surface area contributed by atoms with Crippen LogP contribution in [0.25, 0.3) is 0 Å².